The van der Waals surface area contributed by atoms with Gasteiger partial charge in [0.15, 0.2) is 0 Å². The van der Waals surface area contributed by atoms with Crippen molar-refractivity contribution in [3.05, 3.63) is 46.7 Å². The van der Waals surface area contributed by atoms with Crippen molar-refractivity contribution in [1.82, 2.24) is 9.78 Å². The number of benzene rings is 1. The quantitative estimate of drug-likeness (QED) is 0.902. The third-order valence-electron chi connectivity index (χ3n) is 2.86. The van der Waals surface area contributed by atoms with Crippen LogP contribution >= 0.6 is 11.6 Å². The Kier molecular flexibility index (Phi) is 3.92. The van der Waals surface area contributed by atoms with E-state index in [0.717, 1.165) is 22.0 Å². The molecule has 0 aliphatic heterocycles. The molecule has 4 heteroatoms. The van der Waals surface area contributed by atoms with Gasteiger partial charge in [-0.05, 0) is 38.5 Å². The maximum absolute atomic E-state index is 6.16. The summed E-state index contributed by atoms with van der Waals surface area (Å²) in [5.74, 6) is 0. The zero-order valence-electron chi connectivity index (χ0n) is 10.9. The molecule has 0 amide bonds. The van der Waals surface area contributed by atoms with Crippen molar-refractivity contribution >= 4 is 17.3 Å². The second-order valence-electron chi connectivity index (χ2n) is 4.67. The zero-order chi connectivity index (χ0) is 13.1. The molecular formula is C14H18ClN3. The third kappa shape index (κ3) is 2.85. The Morgan fingerprint density at radius 1 is 1.33 bits per heavy atom. The highest BCUT2D eigenvalue weighted by atomic mass is 35.5. The molecule has 0 unspecified atom stereocenters. The van der Waals surface area contributed by atoms with Gasteiger partial charge in [-0.2, -0.15) is 5.10 Å². The Labute approximate surface area is 113 Å². The molecule has 1 aromatic heterocycles. The summed E-state index contributed by atoms with van der Waals surface area (Å²) in [7, 11) is 0. The minimum absolute atomic E-state index is 0.390. The molecule has 2 aromatic rings. The largest absolute Gasteiger partial charge is 0.378 e. The van der Waals surface area contributed by atoms with E-state index in [1.54, 1.807) is 0 Å². The van der Waals surface area contributed by atoms with E-state index in [4.69, 9.17) is 11.6 Å². The number of aryl methyl sites for hydroxylation is 1. The van der Waals surface area contributed by atoms with Gasteiger partial charge in [-0.15, -0.1) is 0 Å². The van der Waals surface area contributed by atoms with Gasteiger partial charge in [0.1, 0.15) is 0 Å². The molecule has 3 nitrogen and oxygen atoms in total. The number of aromatic nitrogens is 2. The molecule has 1 aromatic carbocycles. The van der Waals surface area contributed by atoms with E-state index in [1.165, 1.54) is 0 Å². The topological polar surface area (TPSA) is 29.9 Å². The van der Waals surface area contributed by atoms with Crippen LogP contribution in [0.15, 0.2) is 30.5 Å². The average Bonchev–Trinajstić information content (AvgIpc) is 2.77. The molecule has 0 saturated carbocycles. The lowest BCUT2D eigenvalue weighted by molar-refractivity contribution is 0.527. The van der Waals surface area contributed by atoms with Crippen LogP contribution in [0.3, 0.4) is 0 Å². The third-order valence-corrected chi connectivity index (χ3v) is 3.18. The lowest BCUT2D eigenvalue weighted by Crippen LogP contribution is -2.05. The SMILES string of the molecule is Cc1cccc(Cl)c1NCc1ccn(C(C)C)n1. The number of rotatable bonds is 4. The van der Waals surface area contributed by atoms with Gasteiger partial charge in [-0.1, -0.05) is 23.7 Å². The highest BCUT2D eigenvalue weighted by Crippen LogP contribution is 2.25. The highest BCUT2D eigenvalue weighted by Gasteiger charge is 2.05. The molecule has 1 N–H and O–H groups in total. The number of nitrogens with one attached hydrogen (secondary N) is 1. The fourth-order valence-corrected chi connectivity index (χ4v) is 2.08. The molecule has 0 fully saturated rings. The summed E-state index contributed by atoms with van der Waals surface area (Å²) >= 11 is 6.16. The lowest BCUT2D eigenvalue weighted by atomic mass is 10.2. The van der Waals surface area contributed by atoms with Crippen LogP contribution < -0.4 is 5.32 Å². The molecular weight excluding hydrogens is 246 g/mol. The molecule has 0 aliphatic rings. The first-order chi connectivity index (χ1) is 8.58. The van der Waals surface area contributed by atoms with E-state index in [0.29, 0.717) is 12.6 Å². The molecule has 0 aliphatic carbocycles. The number of hydrogen-bond donors (Lipinski definition) is 1. The van der Waals surface area contributed by atoms with E-state index in [2.05, 4.69) is 24.3 Å². The number of halogens is 1. The van der Waals surface area contributed by atoms with Crippen molar-refractivity contribution in [3.8, 4) is 0 Å². The van der Waals surface area contributed by atoms with Crippen molar-refractivity contribution in [3.63, 3.8) is 0 Å². The predicted molar refractivity (Wildman–Crippen MR) is 76.1 cm³/mol. The zero-order valence-corrected chi connectivity index (χ0v) is 11.7. The van der Waals surface area contributed by atoms with Gasteiger partial charge < -0.3 is 5.32 Å². The van der Waals surface area contributed by atoms with Gasteiger partial charge in [0.2, 0.25) is 0 Å². The Bertz CT molecular complexity index is 511. The van der Waals surface area contributed by atoms with Gasteiger partial charge in [-0.25, -0.2) is 0 Å². The summed E-state index contributed by atoms with van der Waals surface area (Å²) in [6, 6.07) is 8.31. The fourth-order valence-electron chi connectivity index (χ4n) is 1.79. The summed E-state index contributed by atoms with van der Waals surface area (Å²) < 4.78 is 1.95. The van der Waals surface area contributed by atoms with E-state index in [1.807, 2.05) is 42.1 Å². The second-order valence-corrected chi connectivity index (χ2v) is 5.07. The maximum Gasteiger partial charge on any atom is 0.0815 e. The van der Waals surface area contributed by atoms with Crippen LogP contribution in [0.4, 0.5) is 5.69 Å². The van der Waals surface area contributed by atoms with Gasteiger partial charge in [-0.3, -0.25) is 4.68 Å². The van der Waals surface area contributed by atoms with Crippen molar-refractivity contribution in [2.24, 2.45) is 0 Å². The predicted octanol–water partition coefficient (Wildman–Crippen LogP) is 4.04. The van der Waals surface area contributed by atoms with Crippen molar-refractivity contribution in [1.29, 1.82) is 0 Å². The average molecular weight is 264 g/mol. The Hall–Kier alpha value is -1.48. The van der Waals surface area contributed by atoms with E-state index < -0.39 is 0 Å². The number of anilines is 1. The number of para-hydroxylation sites is 1. The minimum atomic E-state index is 0.390. The van der Waals surface area contributed by atoms with Crippen LogP contribution in [0.2, 0.25) is 5.02 Å². The van der Waals surface area contributed by atoms with Gasteiger partial charge in [0, 0.05) is 12.2 Å². The number of hydrogen-bond acceptors (Lipinski definition) is 2. The van der Waals surface area contributed by atoms with Crippen molar-refractivity contribution < 1.29 is 0 Å². The van der Waals surface area contributed by atoms with Crippen LogP contribution in [-0.4, -0.2) is 9.78 Å². The maximum atomic E-state index is 6.16. The van der Waals surface area contributed by atoms with E-state index in [9.17, 15) is 0 Å². The van der Waals surface area contributed by atoms with Crippen LogP contribution in [0, 0.1) is 6.92 Å². The first kappa shape index (κ1) is 13.0. The molecule has 96 valence electrons. The molecule has 0 spiro atoms. The Morgan fingerprint density at radius 2 is 2.11 bits per heavy atom. The fraction of sp³-hybridized carbons (Fsp3) is 0.357. The summed E-state index contributed by atoms with van der Waals surface area (Å²) in [5, 5.41) is 8.59. The van der Waals surface area contributed by atoms with E-state index in [-0.39, 0.29) is 0 Å². The standard InChI is InChI=1S/C14H18ClN3/c1-10(2)18-8-7-12(17-18)9-16-14-11(3)5-4-6-13(14)15/h4-8,10,16H,9H2,1-3H3. The minimum Gasteiger partial charge on any atom is -0.378 e. The molecule has 0 saturated heterocycles. The summed E-state index contributed by atoms with van der Waals surface area (Å²) in [6.07, 6.45) is 2.00. The molecule has 0 radical (unpaired) electrons. The molecule has 1 heterocycles. The summed E-state index contributed by atoms with van der Waals surface area (Å²) in [4.78, 5) is 0. The second kappa shape index (κ2) is 5.44. The normalized spacial score (nSPS) is 10.9. The van der Waals surface area contributed by atoms with Gasteiger partial charge >= 0.3 is 0 Å². The number of nitrogens with zero attached hydrogens (tertiary/aromatic N) is 2. The smallest absolute Gasteiger partial charge is 0.0815 e. The van der Waals surface area contributed by atoms with Crippen LogP contribution in [0.25, 0.3) is 0 Å². The Balaban J connectivity index is 2.07. The highest BCUT2D eigenvalue weighted by molar-refractivity contribution is 6.33. The van der Waals surface area contributed by atoms with Gasteiger partial charge in [0.05, 0.1) is 22.9 Å². The van der Waals surface area contributed by atoms with Crippen LogP contribution in [0.5, 0.6) is 0 Å². The summed E-state index contributed by atoms with van der Waals surface area (Å²) in [5.41, 5.74) is 3.15. The summed E-state index contributed by atoms with van der Waals surface area (Å²) in [6.45, 7) is 6.95. The lowest BCUT2D eigenvalue weighted by Gasteiger charge is -2.10. The van der Waals surface area contributed by atoms with Crippen molar-refractivity contribution in [2.75, 3.05) is 5.32 Å². The van der Waals surface area contributed by atoms with Gasteiger partial charge in [0.25, 0.3) is 0 Å². The molecule has 0 atom stereocenters. The Morgan fingerprint density at radius 3 is 2.72 bits per heavy atom. The van der Waals surface area contributed by atoms with E-state index >= 15 is 0 Å². The molecule has 2 rings (SSSR count). The van der Waals surface area contributed by atoms with Crippen LogP contribution in [0.1, 0.15) is 31.1 Å². The van der Waals surface area contributed by atoms with Crippen molar-refractivity contribution in [2.45, 2.75) is 33.4 Å². The first-order valence-electron chi connectivity index (χ1n) is 6.11. The molecule has 0 bridgehead atoms. The monoisotopic (exact) mass is 263 g/mol. The van der Waals surface area contributed by atoms with Crippen LogP contribution in [-0.2, 0) is 6.54 Å². The molecule has 18 heavy (non-hydrogen) atoms. The first-order valence-corrected chi connectivity index (χ1v) is 6.48.